The van der Waals surface area contributed by atoms with Crippen molar-refractivity contribution in [3.8, 4) is 11.4 Å². The number of rotatable bonds is 3. The summed E-state index contributed by atoms with van der Waals surface area (Å²) in [5.41, 5.74) is 0.646. The van der Waals surface area contributed by atoms with E-state index in [-0.39, 0.29) is 5.92 Å². The van der Waals surface area contributed by atoms with E-state index in [1.54, 1.807) is 23.1 Å². The van der Waals surface area contributed by atoms with Crippen molar-refractivity contribution in [2.75, 3.05) is 18.0 Å². The van der Waals surface area contributed by atoms with Gasteiger partial charge in [-0.25, -0.2) is 0 Å². The topological polar surface area (TPSA) is 79.5 Å². The van der Waals surface area contributed by atoms with Crippen LogP contribution in [-0.2, 0) is 4.79 Å². The fourth-order valence-corrected chi connectivity index (χ4v) is 2.46. The molecule has 104 valence electrons. The maximum Gasteiger partial charge on any atom is 0.324 e. The van der Waals surface area contributed by atoms with Crippen LogP contribution in [-0.4, -0.2) is 34.3 Å². The monoisotopic (exact) mass is 313 g/mol. The van der Waals surface area contributed by atoms with Gasteiger partial charge in [0.15, 0.2) is 0 Å². The van der Waals surface area contributed by atoms with Crippen LogP contribution >= 0.6 is 23.2 Å². The van der Waals surface area contributed by atoms with E-state index in [9.17, 15) is 4.79 Å². The Morgan fingerprint density at radius 2 is 1.95 bits per heavy atom. The van der Waals surface area contributed by atoms with Crippen molar-refractivity contribution >= 4 is 35.2 Å². The Hall–Kier alpha value is -1.79. The molecule has 0 saturated carbocycles. The first-order valence-electron chi connectivity index (χ1n) is 5.81. The molecule has 1 aliphatic heterocycles. The number of benzene rings is 1. The molecule has 0 amide bonds. The van der Waals surface area contributed by atoms with Gasteiger partial charge < -0.3 is 14.5 Å². The van der Waals surface area contributed by atoms with Gasteiger partial charge in [0.25, 0.3) is 0 Å². The number of nitrogens with zero attached hydrogens (tertiary/aromatic N) is 3. The maximum absolute atomic E-state index is 10.7. The van der Waals surface area contributed by atoms with E-state index in [1.807, 2.05) is 0 Å². The molecule has 2 aromatic rings. The Labute approximate surface area is 123 Å². The summed E-state index contributed by atoms with van der Waals surface area (Å²) in [6.07, 6.45) is 0. The molecule has 0 atom stereocenters. The number of anilines is 1. The second-order valence-electron chi connectivity index (χ2n) is 4.50. The summed E-state index contributed by atoms with van der Waals surface area (Å²) in [5, 5.41) is 13.6. The van der Waals surface area contributed by atoms with E-state index < -0.39 is 5.97 Å². The zero-order chi connectivity index (χ0) is 14.3. The molecule has 3 rings (SSSR count). The van der Waals surface area contributed by atoms with Gasteiger partial charge in [-0.2, -0.15) is 4.98 Å². The van der Waals surface area contributed by atoms with E-state index >= 15 is 0 Å². The number of hydrogen-bond acceptors (Lipinski definition) is 5. The molecule has 0 spiro atoms. The van der Waals surface area contributed by atoms with E-state index in [0.29, 0.717) is 40.5 Å². The van der Waals surface area contributed by atoms with Gasteiger partial charge in [0, 0.05) is 28.7 Å². The van der Waals surface area contributed by atoms with Crippen molar-refractivity contribution < 1.29 is 14.4 Å². The molecule has 1 saturated heterocycles. The third kappa shape index (κ3) is 2.44. The first kappa shape index (κ1) is 13.2. The van der Waals surface area contributed by atoms with Gasteiger partial charge in [-0.1, -0.05) is 28.4 Å². The van der Waals surface area contributed by atoms with Crippen molar-refractivity contribution in [3.63, 3.8) is 0 Å². The van der Waals surface area contributed by atoms with Gasteiger partial charge in [-0.05, 0) is 18.2 Å². The molecule has 1 aliphatic rings. The van der Waals surface area contributed by atoms with Gasteiger partial charge in [-0.15, -0.1) is 0 Å². The molecule has 20 heavy (non-hydrogen) atoms. The Balaban J connectivity index is 1.79. The zero-order valence-electron chi connectivity index (χ0n) is 10.1. The Morgan fingerprint density at radius 1 is 1.30 bits per heavy atom. The summed E-state index contributed by atoms with van der Waals surface area (Å²) < 4.78 is 5.12. The second-order valence-corrected chi connectivity index (χ2v) is 5.37. The van der Waals surface area contributed by atoms with Gasteiger partial charge >= 0.3 is 12.0 Å². The van der Waals surface area contributed by atoms with Crippen LogP contribution in [0, 0.1) is 5.92 Å². The summed E-state index contributed by atoms with van der Waals surface area (Å²) in [4.78, 5) is 16.7. The van der Waals surface area contributed by atoms with Crippen LogP contribution in [0.5, 0.6) is 0 Å². The molecule has 0 bridgehead atoms. The smallest absolute Gasteiger partial charge is 0.324 e. The van der Waals surface area contributed by atoms with Gasteiger partial charge in [0.05, 0.1) is 5.92 Å². The summed E-state index contributed by atoms with van der Waals surface area (Å²) in [6.45, 7) is 0.737. The minimum Gasteiger partial charge on any atom is -0.481 e. The number of carboxylic acid groups (broad SMARTS) is 1. The SMILES string of the molecule is O=C(O)C1CN(c2nc(-c3cc(Cl)cc(Cl)c3)no2)C1. The molecule has 1 aromatic carbocycles. The first-order valence-corrected chi connectivity index (χ1v) is 6.56. The Kier molecular flexibility index (Phi) is 3.27. The van der Waals surface area contributed by atoms with Gasteiger partial charge in [0.1, 0.15) is 0 Å². The molecule has 1 aromatic heterocycles. The molecule has 6 nitrogen and oxygen atoms in total. The van der Waals surface area contributed by atoms with Crippen molar-refractivity contribution in [2.24, 2.45) is 5.92 Å². The predicted molar refractivity (Wildman–Crippen MR) is 73.1 cm³/mol. The molecule has 0 radical (unpaired) electrons. The number of carbonyl (C=O) groups is 1. The maximum atomic E-state index is 10.7. The largest absolute Gasteiger partial charge is 0.481 e. The number of carboxylic acids is 1. The highest BCUT2D eigenvalue weighted by molar-refractivity contribution is 6.35. The average molecular weight is 314 g/mol. The Morgan fingerprint density at radius 3 is 2.55 bits per heavy atom. The molecule has 2 heterocycles. The molecule has 0 unspecified atom stereocenters. The summed E-state index contributed by atoms with van der Waals surface area (Å²) >= 11 is 11.8. The normalized spacial score (nSPS) is 15.2. The minimum absolute atomic E-state index is 0.300. The highest BCUT2D eigenvalue weighted by atomic mass is 35.5. The fraction of sp³-hybridized carbons (Fsp3) is 0.250. The molecule has 0 aliphatic carbocycles. The molecule has 1 N–H and O–H groups in total. The highest BCUT2D eigenvalue weighted by Crippen LogP contribution is 2.28. The fourth-order valence-electron chi connectivity index (χ4n) is 1.94. The van der Waals surface area contributed by atoms with Crippen molar-refractivity contribution in [3.05, 3.63) is 28.2 Å². The van der Waals surface area contributed by atoms with E-state index in [1.165, 1.54) is 0 Å². The lowest BCUT2D eigenvalue weighted by Gasteiger charge is -2.34. The van der Waals surface area contributed by atoms with Crippen LogP contribution in [0.25, 0.3) is 11.4 Å². The Bertz CT molecular complexity index is 647. The lowest BCUT2D eigenvalue weighted by Crippen LogP contribution is -2.50. The van der Waals surface area contributed by atoms with Crippen molar-refractivity contribution in [1.82, 2.24) is 10.1 Å². The quantitative estimate of drug-likeness (QED) is 0.938. The zero-order valence-corrected chi connectivity index (χ0v) is 11.6. The number of hydrogen-bond donors (Lipinski definition) is 1. The molecular weight excluding hydrogens is 305 g/mol. The molecule has 8 heteroatoms. The number of aromatic nitrogens is 2. The van der Waals surface area contributed by atoms with Crippen LogP contribution in [0.4, 0.5) is 6.01 Å². The van der Waals surface area contributed by atoms with E-state index in [4.69, 9.17) is 32.8 Å². The molecular formula is C12H9Cl2N3O3. The standard InChI is InChI=1S/C12H9Cl2N3O3/c13-8-1-6(2-9(14)3-8)10-15-12(20-16-10)17-4-7(5-17)11(18)19/h1-3,7H,4-5H2,(H,18,19). The molecule has 1 fully saturated rings. The third-order valence-electron chi connectivity index (χ3n) is 3.04. The lowest BCUT2D eigenvalue weighted by molar-refractivity contribution is -0.142. The lowest BCUT2D eigenvalue weighted by atomic mass is 10.0. The summed E-state index contributed by atoms with van der Waals surface area (Å²) in [6, 6.07) is 5.27. The van der Waals surface area contributed by atoms with Gasteiger partial charge in [0.2, 0.25) is 5.82 Å². The first-order chi connectivity index (χ1) is 9.52. The highest BCUT2D eigenvalue weighted by Gasteiger charge is 2.35. The second kappa shape index (κ2) is 4.96. The summed E-state index contributed by atoms with van der Waals surface area (Å²) in [5.74, 6) is -0.836. The van der Waals surface area contributed by atoms with Crippen LogP contribution in [0.2, 0.25) is 10.0 Å². The van der Waals surface area contributed by atoms with Crippen molar-refractivity contribution in [1.29, 1.82) is 0 Å². The number of aliphatic carboxylic acids is 1. The van der Waals surface area contributed by atoms with E-state index in [2.05, 4.69) is 10.1 Å². The van der Waals surface area contributed by atoms with Crippen molar-refractivity contribution in [2.45, 2.75) is 0 Å². The van der Waals surface area contributed by atoms with E-state index in [0.717, 1.165) is 0 Å². The van der Waals surface area contributed by atoms with Gasteiger partial charge in [-0.3, -0.25) is 4.79 Å². The average Bonchev–Trinajstić information content (AvgIpc) is 2.74. The summed E-state index contributed by atoms with van der Waals surface area (Å²) in [7, 11) is 0. The minimum atomic E-state index is -0.817. The predicted octanol–water partition coefficient (Wildman–Crippen LogP) is 2.56. The third-order valence-corrected chi connectivity index (χ3v) is 3.47. The van der Waals surface area contributed by atoms with Crippen LogP contribution in [0.15, 0.2) is 22.7 Å². The van der Waals surface area contributed by atoms with Crippen LogP contribution < -0.4 is 4.90 Å². The number of halogens is 2. The van der Waals surface area contributed by atoms with Crippen LogP contribution in [0.1, 0.15) is 0 Å². The van der Waals surface area contributed by atoms with Crippen LogP contribution in [0.3, 0.4) is 0 Å².